The maximum atomic E-state index is 6.31. The summed E-state index contributed by atoms with van der Waals surface area (Å²) in [5.41, 5.74) is 9.34. The molecule has 0 aromatic heterocycles. The average Bonchev–Trinajstić information content (AvgIpc) is 2.47. The van der Waals surface area contributed by atoms with Crippen LogP contribution < -0.4 is 15.2 Å². The van der Waals surface area contributed by atoms with E-state index in [0.29, 0.717) is 10.8 Å². The molecule has 0 amide bonds. The van der Waals surface area contributed by atoms with Gasteiger partial charge in [-0.15, -0.1) is 0 Å². The Morgan fingerprint density at radius 1 is 0.950 bits per heavy atom. The average molecular weight is 292 g/mol. The molecule has 0 bridgehead atoms. The Hall–Kier alpha value is -1.71. The second-order valence-electron chi connectivity index (χ2n) is 4.60. The third-order valence-corrected chi connectivity index (χ3v) is 3.62. The summed E-state index contributed by atoms with van der Waals surface area (Å²) in [4.78, 5) is 0. The standard InChI is InChI=1S/C16H18ClNO2/c1-10-8-11(5-7-14(10)19-2)16(18)12-4-6-13(17)15(9-12)20-3/h4-9,16H,18H2,1-3H3. The van der Waals surface area contributed by atoms with Gasteiger partial charge in [0.1, 0.15) is 11.5 Å². The number of hydrogen-bond acceptors (Lipinski definition) is 3. The monoisotopic (exact) mass is 291 g/mol. The maximum Gasteiger partial charge on any atom is 0.137 e. The molecular formula is C16H18ClNO2. The third kappa shape index (κ3) is 2.89. The topological polar surface area (TPSA) is 44.5 Å². The largest absolute Gasteiger partial charge is 0.496 e. The minimum absolute atomic E-state index is 0.231. The fraction of sp³-hybridized carbons (Fsp3) is 0.250. The first-order valence-corrected chi connectivity index (χ1v) is 6.68. The van der Waals surface area contributed by atoms with Crippen molar-refractivity contribution in [2.75, 3.05) is 14.2 Å². The summed E-state index contributed by atoms with van der Waals surface area (Å²) in [5.74, 6) is 1.49. The van der Waals surface area contributed by atoms with E-state index in [1.807, 2.05) is 37.3 Å². The molecule has 0 aliphatic heterocycles. The van der Waals surface area contributed by atoms with Crippen LogP contribution in [-0.2, 0) is 0 Å². The van der Waals surface area contributed by atoms with E-state index in [2.05, 4.69) is 0 Å². The van der Waals surface area contributed by atoms with Gasteiger partial charge in [0.15, 0.2) is 0 Å². The number of ether oxygens (including phenoxy) is 2. The molecular weight excluding hydrogens is 274 g/mol. The van der Waals surface area contributed by atoms with Gasteiger partial charge in [-0.05, 0) is 41.8 Å². The van der Waals surface area contributed by atoms with Gasteiger partial charge in [0.05, 0.1) is 25.3 Å². The lowest BCUT2D eigenvalue weighted by atomic mass is 9.97. The van der Waals surface area contributed by atoms with E-state index in [9.17, 15) is 0 Å². The highest BCUT2D eigenvalue weighted by Gasteiger charge is 2.12. The molecule has 2 aromatic rings. The lowest BCUT2D eigenvalue weighted by Crippen LogP contribution is -2.12. The SMILES string of the molecule is COc1ccc(C(N)c2ccc(Cl)c(OC)c2)cc1C. The molecule has 0 heterocycles. The smallest absolute Gasteiger partial charge is 0.137 e. The van der Waals surface area contributed by atoms with Crippen molar-refractivity contribution in [2.24, 2.45) is 5.73 Å². The van der Waals surface area contributed by atoms with Crippen LogP contribution in [0, 0.1) is 6.92 Å². The highest BCUT2D eigenvalue weighted by molar-refractivity contribution is 6.32. The van der Waals surface area contributed by atoms with Crippen molar-refractivity contribution >= 4 is 11.6 Å². The van der Waals surface area contributed by atoms with Gasteiger partial charge in [0, 0.05) is 0 Å². The van der Waals surface area contributed by atoms with Crippen LogP contribution in [0.1, 0.15) is 22.7 Å². The zero-order valence-corrected chi connectivity index (χ0v) is 12.6. The molecule has 0 saturated carbocycles. The molecule has 3 nitrogen and oxygen atoms in total. The van der Waals surface area contributed by atoms with Crippen LogP contribution in [0.4, 0.5) is 0 Å². The second-order valence-corrected chi connectivity index (χ2v) is 5.01. The van der Waals surface area contributed by atoms with Crippen molar-refractivity contribution in [3.63, 3.8) is 0 Å². The number of methoxy groups -OCH3 is 2. The summed E-state index contributed by atoms with van der Waals surface area (Å²) in [6, 6.07) is 11.3. The Kier molecular flexibility index (Phi) is 4.53. The molecule has 106 valence electrons. The van der Waals surface area contributed by atoms with E-state index in [-0.39, 0.29) is 6.04 Å². The van der Waals surface area contributed by atoms with Crippen LogP contribution >= 0.6 is 11.6 Å². The van der Waals surface area contributed by atoms with Crippen molar-refractivity contribution in [1.29, 1.82) is 0 Å². The van der Waals surface area contributed by atoms with E-state index >= 15 is 0 Å². The molecule has 0 aliphatic rings. The predicted molar refractivity (Wildman–Crippen MR) is 81.8 cm³/mol. The van der Waals surface area contributed by atoms with Gasteiger partial charge >= 0.3 is 0 Å². The molecule has 2 rings (SSSR count). The van der Waals surface area contributed by atoms with Crippen molar-refractivity contribution in [2.45, 2.75) is 13.0 Å². The molecule has 0 radical (unpaired) electrons. The number of nitrogens with two attached hydrogens (primary N) is 1. The summed E-state index contributed by atoms with van der Waals surface area (Å²) in [7, 11) is 3.25. The van der Waals surface area contributed by atoms with E-state index in [1.165, 1.54) is 0 Å². The molecule has 1 atom stereocenters. The zero-order chi connectivity index (χ0) is 14.7. The summed E-state index contributed by atoms with van der Waals surface area (Å²) in [6.07, 6.45) is 0. The first-order chi connectivity index (χ1) is 9.56. The summed E-state index contributed by atoms with van der Waals surface area (Å²) < 4.78 is 10.5. The molecule has 4 heteroatoms. The van der Waals surface area contributed by atoms with Crippen LogP contribution in [0.5, 0.6) is 11.5 Å². The fourth-order valence-electron chi connectivity index (χ4n) is 2.16. The van der Waals surface area contributed by atoms with Crippen molar-refractivity contribution in [3.8, 4) is 11.5 Å². The van der Waals surface area contributed by atoms with Crippen molar-refractivity contribution in [3.05, 3.63) is 58.1 Å². The number of hydrogen-bond donors (Lipinski definition) is 1. The molecule has 20 heavy (non-hydrogen) atoms. The predicted octanol–water partition coefficient (Wildman–Crippen LogP) is 3.71. The van der Waals surface area contributed by atoms with Gasteiger partial charge < -0.3 is 15.2 Å². The third-order valence-electron chi connectivity index (χ3n) is 3.31. The molecule has 0 spiro atoms. The first-order valence-electron chi connectivity index (χ1n) is 6.30. The maximum absolute atomic E-state index is 6.31. The molecule has 0 fully saturated rings. The molecule has 1 unspecified atom stereocenters. The lowest BCUT2D eigenvalue weighted by molar-refractivity contribution is 0.411. The van der Waals surface area contributed by atoms with Crippen LogP contribution in [0.3, 0.4) is 0 Å². The normalized spacial score (nSPS) is 12.1. The van der Waals surface area contributed by atoms with Crippen molar-refractivity contribution < 1.29 is 9.47 Å². The lowest BCUT2D eigenvalue weighted by Gasteiger charge is -2.16. The fourth-order valence-corrected chi connectivity index (χ4v) is 2.35. The Labute approximate surface area is 124 Å². The van der Waals surface area contributed by atoms with Crippen LogP contribution in [0.25, 0.3) is 0 Å². The van der Waals surface area contributed by atoms with Crippen LogP contribution in [0.15, 0.2) is 36.4 Å². The van der Waals surface area contributed by atoms with Gasteiger partial charge in [-0.1, -0.05) is 29.8 Å². The molecule has 2 N–H and O–H groups in total. The Morgan fingerprint density at radius 3 is 2.15 bits per heavy atom. The molecule has 0 saturated heterocycles. The van der Waals surface area contributed by atoms with E-state index in [1.54, 1.807) is 20.3 Å². The van der Waals surface area contributed by atoms with E-state index < -0.39 is 0 Å². The molecule has 0 aliphatic carbocycles. The van der Waals surface area contributed by atoms with E-state index in [0.717, 1.165) is 22.4 Å². The highest BCUT2D eigenvalue weighted by Crippen LogP contribution is 2.30. The number of benzene rings is 2. The first kappa shape index (κ1) is 14.7. The summed E-state index contributed by atoms with van der Waals surface area (Å²) in [5, 5.41) is 0.578. The van der Waals surface area contributed by atoms with E-state index in [4.69, 9.17) is 26.8 Å². The van der Waals surface area contributed by atoms with Gasteiger partial charge in [-0.2, -0.15) is 0 Å². The van der Waals surface area contributed by atoms with Gasteiger partial charge in [-0.3, -0.25) is 0 Å². The number of rotatable bonds is 4. The Morgan fingerprint density at radius 2 is 1.55 bits per heavy atom. The van der Waals surface area contributed by atoms with Gasteiger partial charge in [-0.25, -0.2) is 0 Å². The van der Waals surface area contributed by atoms with Gasteiger partial charge in [0.25, 0.3) is 0 Å². The summed E-state index contributed by atoms with van der Waals surface area (Å²) >= 11 is 6.03. The minimum atomic E-state index is -0.231. The van der Waals surface area contributed by atoms with Gasteiger partial charge in [0.2, 0.25) is 0 Å². The highest BCUT2D eigenvalue weighted by atomic mass is 35.5. The number of halogens is 1. The van der Waals surface area contributed by atoms with Crippen LogP contribution in [0.2, 0.25) is 5.02 Å². The second kappa shape index (κ2) is 6.16. The Bertz CT molecular complexity index is 613. The zero-order valence-electron chi connectivity index (χ0n) is 11.8. The molecule has 2 aromatic carbocycles. The minimum Gasteiger partial charge on any atom is -0.496 e. The number of aryl methyl sites for hydroxylation is 1. The Balaban J connectivity index is 2.35. The quantitative estimate of drug-likeness (QED) is 0.934. The summed E-state index contributed by atoms with van der Waals surface area (Å²) in [6.45, 7) is 2.00. The van der Waals surface area contributed by atoms with Crippen LogP contribution in [-0.4, -0.2) is 14.2 Å². The van der Waals surface area contributed by atoms with Crippen molar-refractivity contribution in [1.82, 2.24) is 0 Å².